The van der Waals surface area contributed by atoms with Gasteiger partial charge in [0, 0.05) is 24.0 Å². The number of nitrogens with zero attached hydrogens (tertiary/aromatic N) is 4. The van der Waals surface area contributed by atoms with Crippen LogP contribution < -0.4 is 20.5 Å². The van der Waals surface area contributed by atoms with Crippen LogP contribution >= 0.6 is 11.3 Å². The molecule has 0 bridgehead atoms. The molecule has 192 valence electrons. The topological polar surface area (TPSA) is 134 Å². The van der Waals surface area contributed by atoms with E-state index in [1.165, 1.54) is 18.4 Å². The SMILES string of the molecule is COc1ccccc1C(=O)NNC(=O)c1cc2nc(-c3cccc4[nH]ncc34)nc(N3CCOCC3)c2s1. The van der Waals surface area contributed by atoms with Gasteiger partial charge in [-0.2, -0.15) is 5.10 Å². The Morgan fingerprint density at radius 3 is 2.71 bits per heavy atom. The van der Waals surface area contributed by atoms with Crippen molar-refractivity contribution in [2.75, 3.05) is 38.3 Å². The summed E-state index contributed by atoms with van der Waals surface area (Å²) < 4.78 is 11.6. The molecule has 2 amide bonds. The average molecular weight is 530 g/mol. The lowest BCUT2D eigenvalue weighted by Crippen LogP contribution is -2.41. The van der Waals surface area contributed by atoms with Gasteiger partial charge in [0.2, 0.25) is 0 Å². The summed E-state index contributed by atoms with van der Waals surface area (Å²) in [6, 6.07) is 14.3. The second kappa shape index (κ2) is 10.1. The highest BCUT2D eigenvalue weighted by atomic mass is 32.1. The number of rotatable bonds is 5. The summed E-state index contributed by atoms with van der Waals surface area (Å²) in [6.45, 7) is 2.53. The van der Waals surface area contributed by atoms with Crippen molar-refractivity contribution in [3.63, 3.8) is 0 Å². The van der Waals surface area contributed by atoms with Gasteiger partial charge in [-0.3, -0.25) is 25.5 Å². The van der Waals surface area contributed by atoms with Crippen molar-refractivity contribution in [3.05, 3.63) is 65.2 Å². The molecule has 0 aliphatic carbocycles. The van der Waals surface area contributed by atoms with Gasteiger partial charge < -0.3 is 14.4 Å². The number of hydrazine groups is 1. The van der Waals surface area contributed by atoms with E-state index in [1.807, 2.05) is 18.2 Å². The summed E-state index contributed by atoms with van der Waals surface area (Å²) >= 11 is 1.28. The summed E-state index contributed by atoms with van der Waals surface area (Å²) in [5, 5.41) is 8.05. The number of methoxy groups -OCH3 is 1. The largest absolute Gasteiger partial charge is 0.496 e. The maximum absolute atomic E-state index is 13.0. The number of nitrogens with one attached hydrogen (secondary N) is 3. The molecule has 1 fully saturated rings. The molecule has 1 aliphatic rings. The van der Waals surface area contributed by atoms with E-state index in [4.69, 9.17) is 19.4 Å². The number of morpholine rings is 1. The van der Waals surface area contributed by atoms with Gasteiger partial charge in [0.15, 0.2) is 11.6 Å². The summed E-state index contributed by atoms with van der Waals surface area (Å²) in [4.78, 5) is 38.0. The number of benzene rings is 2. The Kier molecular flexibility index (Phi) is 6.32. The summed E-state index contributed by atoms with van der Waals surface area (Å²) in [5.41, 5.74) is 7.64. The highest BCUT2D eigenvalue weighted by molar-refractivity contribution is 7.21. The highest BCUT2D eigenvalue weighted by Gasteiger charge is 2.23. The van der Waals surface area contributed by atoms with Crippen molar-refractivity contribution < 1.29 is 19.1 Å². The smallest absolute Gasteiger partial charge is 0.279 e. The molecule has 11 nitrogen and oxygen atoms in total. The zero-order chi connectivity index (χ0) is 26.1. The summed E-state index contributed by atoms with van der Waals surface area (Å²) in [5.74, 6) is 0.756. The summed E-state index contributed by atoms with van der Waals surface area (Å²) in [6.07, 6.45) is 1.75. The second-order valence-electron chi connectivity index (χ2n) is 8.54. The molecule has 5 aromatic rings. The van der Waals surface area contributed by atoms with E-state index in [9.17, 15) is 9.59 Å². The van der Waals surface area contributed by atoms with Gasteiger partial charge in [0.05, 0.1) is 52.7 Å². The lowest BCUT2D eigenvalue weighted by atomic mass is 10.1. The number of carbonyl (C=O) groups excluding carboxylic acids is 2. The van der Waals surface area contributed by atoms with Crippen LogP contribution in [0.1, 0.15) is 20.0 Å². The fraction of sp³-hybridized carbons (Fsp3) is 0.192. The van der Waals surface area contributed by atoms with Crippen LogP contribution in [0, 0.1) is 0 Å². The number of amides is 2. The first-order valence-corrected chi connectivity index (χ1v) is 12.7. The first kappa shape index (κ1) is 23.8. The fourth-order valence-electron chi connectivity index (χ4n) is 4.37. The van der Waals surface area contributed by atoms with Gasteiger partial charge in [-0.1, -0.05) is 24.3 Å². The molecule has 6 rings (SSSR count). The van der Waals surface area contributed by atoms with Crippen molar-refractivity contribution in [3.8, 4) is 17.1 Å². The van der Waals surface area contributed by atoms with E-state index in [-0.39, 0.29) is 0 Å². The predicted molar refractivity (Wildman–Crippen MR) is 143 cm³/mol. The molecule has 3 aromatic heterocycles. The average Bonchev–Trinajstić information content (AvgIpc) is 3.63. The maximum Gasteiger partial charge on any atom is 0.279 e. The summed E-state index contributed by atoms with van der Waals surface area (Å²) in [7, 11) is 1.48. The molecule has 1 saturated heterocycles. The number of aromatic amines is 1. The first-order chi connectivity index (χ1) is 18.6. The third-order valence-electron chi connectivity index (χ3n) is 6.25. The van der Waals surface area contributed by atoms with Crippen LogP contribution in [0.5, 0.6) is 5.75 Å². The van der Waals surface area contributed by atoms with E-state index in [2.05, 4.69) is 25.9 Å². The molecule has 0 spiro atoms. The highest BCUT2D eigenvalue weighted by Crippen LogP contribution is 2.35. The molecule has 0 radical (unpaired) electrons. The minimum absolute atomic E-state index is 0.310. The lowest BCUT2D eigenvalue weighted by Gasteiger charge is -2.28. The Morgan fingerprint density at radius 1 is 1.05 bits per heavy atom. The molecule has 1 aliphatic heterocycles. The quantitative estimate of drug-likeness (QED) is 0.296. The Balaban J connectivity index is 1.34. The minimum atomic E-state index is -0.485. The predicted octanol–water partition coefficient (Wildman–Crippen LogP) is 3.15. The maximum atomic E-state index is 13.0. The van der Waals surface area contributed by atoms with Crippen LogP contribution in [0.25, 0.3) is 32.5 Å². The third kappa shape index (κ3) is 4.40. The van der Waals surface area contributed by atoms with Crippen LogP contribution in [0.3, 0.4) is 0 Å². The standard InChI is InChI=1S/C26H23N7O4S/c1-36-20-8-3-2-5-16(20)25(34)31-32-26(35)21-13-19-22(38-21)24(33-9-11-37-12-10-33)29-23(28-19)15-6-4-7-18-17(15)14-27-30-18/h2-8,13-14H,9-12H2,1H3,(H,27,30)(H,31,34)(H,32,35). The van der Waals surface area contributed by atoms with Gasteiger partial charge in [0.1, 0.15) is 5.75 Å². The van der Waals surface area contributed by atoms with Gasteiger partial charge in [-0.25, -0.2) is 9.97 Å². The van der Waals surface area contributed by atoms with E-state index in [0.29, 0.717) is 53.8 Å². The molecular weight excluding hydrogens is 506 g/mol. The molecule has 0 saturated carbocycles. The zero-order valence-corrected chi connectivity index (χ0v) is 21.2. The Morgan fingerprint density at radius 2 is 1.87 bits per heavy atom. The van der Waals surface area contributed by atoms with Crippen molar-refractivity contribution in [1.29, 1.82) is 0 Å². The second-order valence-corrected chi connectivity index (χ2v) is 9.59. The van der Waals surface area contributed by atoms with E-state index in [0.717, 1.165) is 27.0 Å². The molecule has 0 unspecified atom stereocenters. The number of ether oxygens (including phenoxy) is 2. The number of fused-ring (bicyclic) bond motifs is 2. The minimum Gasteiger partial charge on any atom is -0.496 e. The first-order valence-electron chi connectivity index (χ1n) is 11.9. The van der Waals surface area contributed by atoms with Gasteiger partial charge in [-0.15, -0.1) is 11.3 Å². The number of H-pyrrole nitrogens is 1. The molecule has 0 atom stereocenters. The number of hydrogen-bond acceptors (Lipinski definition) is 9. The van der Waals surface area contributed by atoms with Crippen LogP contribution in [0.4, 0.5) is 5.82 Å². The number of hydrogen-bond donors (Lipinski definition) is 3. The number of anilines is 1. The van der Waals surface area contributed by atoms with E-state index >= 15 is 0 Å². The molecular formula is C26H23N7O4S. The van der Waals surface area contributed by atoms with Crippen molar-refractivity contribution in [2.24, 2.45) is 0 Å². The number of para-hydroxylation sites is 1. The van der Waals surface area contributed by atoms with E-state index in [1.54, 1.807) is 36.5 Å². The van der Waals surface area contributed by atoms with Crippen LogP contribution in [-0.4, -0.2) is 65.4 Å². The van der Waals surface area contributed by atoms with Crippen molar-refractivity contribution in [1.82, 2.24) is 31.0 Å². The molecule has 38 heavy (non-hydrogen) atoms. The molecule has 12 heteroatoms. The lowest BCUT2D eigenvalue weighted by molar-refractivity contribution is 0.0847. The van der Waals surface area contributed by atoms with Crippen molar-refractivity contribution in [2.45, 2.75) is 0 Å². The van der Waals surface area contributed by atoms with Crippen LogP contribution in [0.2, 0.25) is 0 Å². The Labute approximate surface area is 220 Å². The number of thiophene rings is 1. The number of aromatic nitrogens is 4. The van der Waals surface area contributed by atoms with Gasteiger partial charge in [-0.05, 0) is 24.3 Å². The van der Waals surface area contributed by atoms with Crippen LogP contribution in [0.15, 0.2) is 54.7 Å². The van der Waals surface area contributed by atoms with Gasteiger partial charge >= 0.3 is 0 Å². The van der Waals surface area contributed by atoms with Gasteiger partial charge in [0.25, 0.3) is 11.8 Å². The monoisotopic (exact) mass is 529 g/mol. The normalized spacial score (nSPS) is 13.6. The molecule has 2 aromatic carbocycles. The third-order valence-corrected chi connectivity index (χ3v) is 7.37. The van der Waals surface area contributed by atoms with Crippen molar-refractivity contribution >= 4 is 50.1 Å². The zero-order valence-electron chi connectivity index (χ0n) is 20.4. The van der Waals surface area contributed by atoms with E-state index < -0.39 is 11.8 Å². The molecule has 3 N–H and O–H groups in total. The fourth-order valence-corrected chi connectivity index (χ4v) is 5.38. The molecule has 4 heterocycles. The van der Waals surface area contributed by atoms with Crippen LogP contribution in [-0.2, 0) is 4.74 Å². The number of carbonyl (C=O) groups is 2. The Bertz CT molecular complexity index is 1660. The Hall–Kier alpha value is -4.55.